The summed E-state index contributed by atoms with van der Waals surface area (Å²) in [6.45, 7) is 4.77. The Bertz CT molecular complexity index is 360. The number of hydrogen-bond donors (Lipinski definition) is 0. The second-order valence-electron chi connectivity index (χ2n) is 7.32. The molecule has 0 bridgehead atoms. The number of carbonyl (C=O) groups excluding carboxylic acids is 1. The molecule has 0 aromatic carbocycles. The van der Waals surface area contributed by atoms with Crippen LogP contribution < -0.4 is 0 Å². The van der Waals surface area contributed by atoms with Crippen LogP contribution in [-0.2, 0) is 9.53 Å². The maximum absolute atomic E-state index is 13.0. The number of carbonyl (C=O) groups is 1. The van der Waals surface area contributed by atoms with Crippen molar-refractivity contribution in [1.82, 2.24) is 9.80 Å². The lowest BCUT2D eigenvalue weighted by Gasteiger charge is -2.46. The largest absolute Gasteiger partial charge is 0.381 e. The second kappa shape index (κ2) is 6.66. The predicted molar refractivity (Wildman–Crippen MR) is 83.2 cm³/mol. The first kappa shape index (κ1) is 15.3. The average molecular weight is 294 g/mol. The van der Waals surface area contributed by atoms with E-state index in [1.807, 2.05) is 0 Å². The van der Waals surface area contributed by atoms with E-state index in [1.165, 1.54) is 32.1 Å². The van der Waals surface area contributed by atoms with Crippen LogP contribution in [0.1, 0.15) is 51.4 Å². The van der Waals surface area contributed by atoms with E-state index in [2.05, 4.69) is 16.8 Å². The van der Waals surface area contributed by atoms with Gasteiger partial charge >= 0.3 is 0 Å². The number of hydrogen-bond acceptors (Lipinski definition) is 3. The lowest BCUT2D eigenvalue weighted by Crippen LogP contribution is -2.53. The molecule has 3 heterocycles. The summed E-state index contributed by atoms with van der Waals surface area (Å²) >= 11 is 0. The molecule has 0 aromatic rings. The van der Waals surface area contributed by atoms with Gasteiger partial charge in [-0.25, -0.2) is 0 Å². The molecule has 0 aliphatic carbocycles. The molecule has 4 heteroatoms. The van der Waals surface area contributed by atoms with Crippen molar-refractivity contribution >= 4 is 5.91 Å². The summed E-state index contributed by atoms with van der Waals surface area (Å²) in [6.07, 6.45) is 9.48. The van der Waals surface area contributed by atoms with Crippen molar-refractivity contribution in [3.8, 4) is 0 Å². The van der Waals surface area contributed by atoms with Crippen molar-refractivity contribution in [2.45, 2.75) is 57.4 Å². The topological polar surface area (TPSA) is 32.8 Å². The first-order valence-corrected chi connectivity index (χ1v) is 8.77. The third-order valence-electron chi connectivity index (χ3n) is 5.83. The third-order valence-corrected chi connectivity index (χ3v) is 5.83. The Hall–Kier alpha value is -0.610. The molecule has 21 heavy (non-hydrogen) atoms. The summed E-state index contributed by atoms with van der Waals surface area (Å²) in [6, 6.07) is 0.127. The Kier molecular flexibility index (Phi) is 4.85. The van der Waals surface area contributed by atoms with Gasteiger partial charge in [0.15, 0.2) is 0 Å². The van der Waals surface area contributed by atoms with Gasteiger partial charge in [-0.2, -0.15) is 0 Å². The Morgan fingerprint density at radius 1 is 1.05 bits per heavy atom. The minimum Gasteiger partial charge on any atom is -0.381 e. The van der Waals surface area contributed by atoms with Gasteiger partial charge in [-0.1, -0.05) is 12.8 Å². The van der Waals surface area contributed by atoms with E-state index >= 15 is 0 Å². The number of nitrogens with zero attached hydrogens (tertiary/aromatic N) is 2. The van der Waals surface area contributed by atoms with E-state index in [9.17, 15) is 4.79 Å². The highest BCUT2D eigenvalue weighted by molar-refractivity contribution is 5.82. The molecule has 3 fully saturated rings. The van der Waals surface area contributed by atoms with E-state index in [1.54, 1.807) is 0 Å². The molecule has 1 atom stereocenters. The summed E-state index contributed by atoms with van der Waals surface area (Å²) in [5.74, 6) is 0.393. The van der Waals surface area contributed by atoms with Crippen molar-refractivity contribution in [3.63, 3.8) is 0 Å². The van der Waals surface area contributed by atoms with Gasteiger partial charge in [-0.05, 0) is 57.5 Å². The van der Waals surface area contributed by atoms with Gasteiger partial charge in [0, 0.05) is 26.3 Å². The van der Waals surface area contributed by atoms with E-state index in [0.717, 1.165) is 52.1 Å². The highest BCUT2D eigenvalue weighted by Gasteiger charge is 2.40. The van der Waals surface area contributed by atoms with Crippen molar-refractivity contribution in [2.24, 2.45) is 5.41 Å². The molecule has 0 unspecified atom stereocenters. The minimum absolute atomic E-state index is 0.127. The van der Waals surface area contributed by atoms with Crippen LogP contribution in [0.25, 0.3) is 0 Å². The molecule has 120 valence electrons. The zero-order chi connectivity index (χ0) is 14.7. The van der Waals surface area contributed by atoms with Gasteiger partial charge in [0.1, 0.15) is 0 Å². The Balaban J connectivity index is 1.65. The fourth-order valence-corrected chi connectivity index (χ4v) is 4.38. The average Bonchev–Trinajstić information content (AvgIpc) is 2.72. The van der Waals surface area contributed by atoms with Gasteiger partial charge < -0.3 is 9.64 Å². The summed E-state index contributed by atoms with van der Waals surface area (Å²) in [5, 5.41) is 0. The second-order valence-corrected chi connectivity index (χ2v) is 7.32. The SMILES string of the molecule is CN1CCCCC[C@@H]1C(=O)N1CCCC2(CCOCC2)C1. The van der Waals surface area contributed by atoms with Crippen LogP contribution in [-0.4, -0.2) is 61.6 Å². The van der Waals surface area contributed by atoms with E-state index in [4.69, 9.17) is 4.74 Å². The van der Waals surface area contributed by atoms with Gasteiger partial charge in [0.05, 0.1) is 6.04 Å². The Morgan fingerprint density at radius 2 is 1.86 bits per heavy atom. The van der Waals surface area contributed by atoms with Crippen LogP contribution in [0.4, 0.5) is 0 Å². The van der Waals surface area contributed by atoms with Crippen LogP contribution in [0, 0.1) is 5.41 Å². The molecule has 0 N–H and O–H groups in total. The molecule has 0 saturated carbocycles. The van der Waals surface area contributed by atoms with Gasteiger partial charge in [0.25, 0.3) is 0 Å². The third kappa shape index (κ3) is 3.42. The monoisotopic (exact) mass is 294 g/mol. The van der Waals surface area contributed by atoms with Crippen LogP contribution in [0.5, 0.6) is 0 Å². The predicted octanol–water partition coefficient (Wildman–Crippen LogP) is 2.28. The smallest absolute Gasteiger partial charge is 0.239 e. The Morgan fingerprint density at radius 3 is 2.67 bits per heavy atom. The molecule has 4 nitrogen and oxygen atoms in total. The zero-order valence-corrected chi connectivity index (χ0v) is 13.5. The maximum Gasteiger partial charge on any atom is 0.239 e. The molecular formula is C17H30N2O2. The van der Waals surface area contributed by atoms with Crippen LogP contribution in [0.3, 0.4) is 0 Å². The van der Waals surface area contributed by atoms with Crippen LogP contribution >= 0.6 is 0 Å². The summed E-state index contributed by atoms with van der Waals surface area (Å²) in [7, 11) is 2.13. The highest BCUT2D eigenvalue weighted by atomic mass is 16.5. The normalized spacial score (nSPS) is 31.1. The first-order chi connectivity index (χ1) is 10.2. The van der Waals surface area contributed by atoms with E-state index in [0.29, 0.717) is 11.3 Å². The number of piperidine rings is 1. The number of likely N-dealkylation sites (tertiary alicyclic amines) is 2. The van der Waals surface area contributed by atoms with Crippen LogP contribution in [0.15, 0.2) is 0 Å². The number of rotatable bonds is 1. The molecule has 3 aliphatic rings. The molecule has 3 rings (SSSR count). The number of amides is 1. The number of ether oxygens (including phenoxy) is 1. The lowest BCUT2D eigenvalue weighted by molar-refractivity contribution is -0.142. The maximum atomic E-state index is 13.0. The fourth-order valence-electron chi connectivity index (χ4n) is 4.38. The van der Waals surface area contributed by atoms with Gasteiger partial charge in [0.2, 0.25) is 5.91 Å². The van der Waals surface area contributed by atoms with Gasteiger partial charge in [-0.3, -0.25) is 9.69 Å². The summed E-state index contributed by atoms with van der Waals surface area (Å²) < 4.78 is 5.53. The standard InChI is InChI=1S/C17H30N2O2/c1-18-10-4-2-3-6-15(18)16(20)19-11-5-7-17(14-19)8-12-21-13-9-17/h15H,2-14H2,1H3/t15-/m1/s1. The van der Waals surface area contributed by atoms with Crippen molar-refractivity contribution < 1.29 is 9.53 Å². The van der Waals surface area contributed by atoms with Crippen molar-refractivity contribution in [1.29, 1.82) is 0 Å². The minimum atomic E-state index is 0.127. The summed E-state index contributed by atoms with van der Waals surface area (Å²) in [5.41, 5.74) is 0.357. The van der Waals surface area contributed by atoms with Crippen molar-refractivity contribution in [2.75, 3.05) is 39.9 Å². The number of likely N-dealkylation sites (N-methyl/N-ethyl adjacent to an activating group) is 1. The van der Waals surface area contributed by atoms with Gasteiger partial charge in [-0.15, -0.1) is 0 Å². The Labute approximate surface area is 128 Å². The molecule has 3 aliphatic heterocycles. The van der Waals surface area contributed by atoms with E-state index < -0.39 is 0 Å². The molecule has 1 spiro atoms. The zero-order valence-electron chi connectivity index (χ0n) is 13.5. The quantitative estimate of drug-likeness (QED) is 0.744. The molecule has 0 radical (unpaired) electrons. The molecular weight excluding hydrogens is 264 g/mol. The van der Waals surface area contributed by atoms with Crippen molar-refractivity contribution in [3.05, 3.63) is 0 Å². The highest BCUT2D eigenvalue weighted by Crippen LogP contribution is 2.39. The lowest BCUT2D eigenvalue weighted by atomic mass is 9.74. The van der Waals surface area contributed by atoms with Crippen LogP contribution in [0.2, 0.25) is 0 Å². The summed E-state index contributed by atoms with van der Waals surface area (Å²) in [4.78, 5) is 17.5. The molecule has 0 aromatic heterocycles. The molecule has 1 amide bonds. The van der Waals surface area contributed by atoms with E-state index in [-0.39, 0.29) is 6.04 Å². The fraction of sp³-hybridized carbons (Fsp3) is 0.941. The molecule has 3 saturated heterocycles. The first-order valence-electron chi connectivity index (χ1n) is 8.77.